The van der Waals surface area contributed by atoms with E-state index in [0.717, 1.165) is 24.0 Å². The number of carbonyl (C=O) groups excluding carboxylic acids is 3. The number of benzene rings is 2. The van der Waals surface area contributed by atoms with Gasteiger partial charge in [-0.3, -0.25) is 9.59 Å². The number of carbonyl (C=O) groups is 3. The molecule has 0 spiro atoms. The Morgan fingerprint density at radius 3 is 2.61 bits per heavy atom. The molecule has 44 heavy (non-hydrogen) atoms. The average molecular weight is 621 g/mol. The summed E-state index contributed by atoms with van der Waals surface area (Å²) in [4.78, 5) is 49.3. The molecule has 3 heterocycles. The summed E-state index contributed by atoms with van der Waals surface area (Å²) in [7, 11) is 0. The monoisotopic (exact) mass is 620 g/mol. The van der Waals surface area contributed by atoms with E-state index in [-0.39, 0.29) is 37.6 Å². The topological polar surface area (TPSA) is 135 Å². The number of hydrogen-bond donors (Lipinski definition) is 3. The van der Waals surface area contributed by atoms with Gasteiger partial charge in [-0.05, 0) is 50.8 Å². The molecular weight excluding hydrogens is 584 g/mol. The van der Waals surface area contributed by atoms with Gasteiger partial charge in [0.1, 0.15) is 13.2 Å². The van der Waals surface area contributed by atoms with Crippen molar-refractivity contribution in [3.8, 4) is 11.3 Å². The minimum atomic E-state index is -0.593. The Kier molecular flexibility index (Phi) is 9.65. The molecule has 0 aliphatic carbocycles. The van der Waals surface area contributed by atoms with Gasteiger partial charge in [0.2, 0.25) is 11.9 Å². The number of nitrogens with zero attached hydrogens (tertiary/aromatic N) is 3. The summed E-state index contributed by atoms with van der Waals surface area (Å²) >= 11 is 6.48. The molecule has 0 unspecified atom stereocenters. The van der Waals surface area contributed by atoms with E-state index >= 15 is 0 Å². The fraction of sp³-hybridized carbons (Fsp3) is 0.406. The lowest BCUT2D eigenvalue weighted by atomic mass is 10.0. The van der Waals surface area contributed by atoms with Crippen molar-refractivity contribution in [1.82, 2.24) is 25.5 Å². The van der Waals surface area contributed by atoms with E-state index in [1.54, 1.807) is 12.3 Å². The van der Waals surface area contributed by atoms with Crippen molar-refractivity contribution in [2.75, 3.05) is 31.7 Å². The zero-order valence-electron chi connectivity index (χ0n) is 25.1. The van der Waals surface area contributed by atoms with Crippen LogP contribution in [0.1, 0.15) is 61.1 Å². The molecule has 232 valence electrons. The van der Waals surface area contributed by atoms with E-state index < -0.39 is 17.7 Å². The zero-order chi connectivity index (χ0) is 31.3. The summed E-state index contributed by atoms with van der Waals surface area (Å²) in [6.07, 6.45) is 2.70. The maximum Gasteiger partial charge on any atom is 0.407 e. The van der Waals surface area contributed by atoms with Crippen molar-refractivity contribution in [2.24, 2.45) is 0 Å². The molecule has 2 aliphatic heterocycles. The van der Waals surface area contributed by atoms with E-state index in [1.807, 2.05) is 63.2 Å². The van der Waals surface area contributed by atoms with Gasteiger partial charge >= 0.3 is 6.09 Å². The Labute approximate surface area is 261 Å². The first-order valence-corrected chi connectivity index (χ1v) is 15.0. The van der Waals surface area contributed by atoms with Gasteiger partial charge in [-0.15, -0.1) is 0 Å². The number of anilines is 1. The van der Waals surface area contributed by atoms with Crippen molar-refractivity contribution in [1.29, 1.82) is 0 Å². The number of fused-ring (bicyclic) bond motifs is 1. The quantitative estimate of drug-likeness (QED) is 0.313. The first-order chi connectivity index (χ1) is 21.1. The van der Waals surface area contributed by atoms with Gasteiger partial charge in [0.25, 0.3) is 5.91 Å². The fourth-order valence-electron chi connectivity index (χ4n) is 5.12. The highest BCUT2D eigenvalue weighted by Gasteiger charge is 2.30. The van der Waals surface area contributed by atoms with Gasteiger partial charge in [0, 0.05) is 42.5 Å². The molecule has 0 radical (unpaired) electrons. The highest BCUT2D eigenvalue weighted by molar-refractivity contribution is 6.33. The van der Waals surface area contributed by atoms with Crippen LogP contribution in [-0.2, 0) is 20.8 Å². The predicted octanol–water partition coefficient (Wildman–Crippen LogP) is 4.73. The molecule has 1 atom stereocenters. The minimum Gasteiger partial charge on any atom is -0.447 e. The van der Waals surface area contributed by atoms with Gasteiger partial charge in [-0.2, -0.15) is 0 Å². The molecule has 2 aromatic carbocycles. The van der Waals surface area contributed by atoms with Gasteiger partial charge in [0.15, 0.2) is 0 Å². The molecule has 3 N–H and O–H groups in total. The number of rotatable bonds is 9. The molecular formula is C32H37ClN6O5. The molecule has 3 aromatic rings. The van der Waals surface area contributed by atoms with Crippen LogP contribution in [0, 0.1) is 0 Å². The molecule has 1 fully saturated rings. The molecule has 3 amide bonds. The van der Waals surface area contributed by atoms with Crippen LogP contribution in [0.4, 0.5) is 10.7 Å². The lowest BCUT2D eigenvalue weighted by Gasteiger charge is -2.24. The summed E-state index contributed by atoms with van der Waals surface area (Å²) in [5.74, 6) is -0.170. The summed E-state index contributed by atoms with van der Waals surface area (Å²) in [6.45, 7) is 6.99. The van der Waals surface area contributed by atoms with Crippen LogP contribution in [0.3, 0.4) is 0 Å². The number of nitrogens with one attached hydrogen (secondary N) is 3. The average Bonchev–Trinajstić information content (AvgIpc) is 3.30. The van der Waals surface area contributed by atoms with Crippen LogP contribution in [0.2, 0.25) is 5.02 Å². The fourth-order valence-corrected chi connectivity index (χ4v) is 5.32. The van der Waals surface area contributed by atoms with Crippen molar-refractivity contribution in [3.05, 3.63) is 76.4 Å². The molecule has 1 aromatic heterocycles. The van der Waals surface area contributed by atoms with Crippen molar-refractivity contribution in [3.63, 3.8) is 0 Å². The second-order valence-corrected chi connectivity index (χ2v) is 12.4. The van der Waals surface area contributed by atoms with E-state index in [2.05, 4.69) is 25.9 Å². The lowest BCUT2D eigenvalue weighted by molar-refractivity contribution is -0.122. The number of ether oxygens (including phenoxy) is 2. The standard InChI is InChI=1S/C32H37ClN6O5/c1-32(2,3)38-31(42)44-19-26(20-7-5-4-6-8-20)36-27(40)18-39-17-22-10-9-21(15-24(22)29(39)41)28-25(33)16-34-30(37-28)35-23-11-13-43-14-12-23/h4-10,15-16,23,26H,11-14,17-19H2,1-3H3,(H,36,40)(H,38,42)(H,34,35,37)/t26-/m1/s1. The highest BCUT2D eigenvalue weighted by Crippen LogP contribution is 2.32. The number of halogens is 1. The number of amides is 3. The smallest absolute Gasteiger partial charge is 0.407 e. The molecule has 0 bridgehead atoms. The molecule has 2 aliphatic rings. The third-order valence-electron chi connectivity index (χ3n) is 7.29. The first kappa shape index (κ1) is 31.2. The lowest BCUT2D eigenvalue weighted by Crippen LogP contribution is -2.43. The normalized spacial score (nSPS) is 15.8. The second-order valence-electron chi connectivity index (χ2n) is 12.0. The van der Waals surface area contributed by atoms with Gasteiger partial charge < -0.3 is 30.3 Å². The van der Waals surface area contributed by atoms with Crippen LogP contribution in [-0.4, -0.2) is 70.7 Å². The number of alkyl carbamates (subject to hydrolysis) is 1. The predicted molar refractivity (Wildman–Crippen MR) is 166 cm³/mol. The number of aromatic nitrogens is 2. The SMILES string of the molecule is CC(C)(C)NC(=O)OC[C@@H](NC(=O)CN1Cc2ccc(-c3nc(NC4CCOCC4)ncc3Cl)cc2C1=O)c1ccccc1. The third kappa shape index (κ3) is 8.03. The molecule has 5 rings (SSSR count). The largest absolute Gasteiger partial charge is 0.447 e. The summed E-state index contributed by atoms with van der Waals surface area (Å²) in [6, 6.07) is 14.4. The maximum atomic E-state index is 13.4. The summed E-state index contributed by atoms with van der Waals surface area (Å²) in [5, 5.41) is 9.39. The molecule has 11 nitrogen and oxygen atoms in total. The van der Waals surface area contributed by atoms with E-state index in [4.69, 9.17) is 21.1 Å². The van der Waals surface area contributed by atoms with Crippen molar-refractivity contribution in [2.45, 2.75) is 57.8 Å². The molecule has 12 heteroatoms. The third-order valence-corrected chi connectivity index (χ3v) is 7.57. The van der Waals surface area contributed by atoms with Gasteiger partial charge in [0.05, 0.1) is 23.0 Å². The molecule has 0 saturated carbocycles. The van der Waals surface area contributed by atoms with Crippen molar-refractivity contribution >= 4 is 35.5 Å². The van der Waals surface area contributed by atoms with Gasteiger partial charge in [-0.1, -0.05) is 54.1 Å². The van der Waals surface area contributed by atoms with Crippen LogP contribution in [0.5, 0.6) is 0 Å². The van der Waals surface area contributed by atoms with Crippen LogP contribution < -0.4 is 16.0 Å². The van der Waals surface area contributed by atoms with Gasteiger partial charge in [-0.25, -0.2) is 14.8 Å². The van der Waals surface area contributed by atoms with Crippen LogP contribution >= 0.6 is 11.6 Å². The Morgan fingerprint density at radius 2 is 1.89 bits per heavy atom. The highest BCUT2D eigenvalue weighted by atomic mass is 35.5. The maximum absolute atomic E-state index is 13.4. The second kappa shape index (κ2) is 13.6. The Hall–Kier alpha value is -4.22. The Morgan fingerprint density at radius 1 is 1.14 bits per heavy atom. The summed E-state index contributed by atoms with van der Waals surface area (Å²) < 4.78 is 10.8. The Bertz CT molecular complexity index is 1510. The number of hydrogen-bond acceptors (Lipinski definition) is 8. The van der Waals surface area contributed by atoms with E-state index in [9.17, 15) is 14.4 Å². The van der Waals surface area contributed by atoms with E-state index in [1.165, 1.54) is 4.90 Å². The van der Waals surface area contributed by atoms with Crippen molar-refractivity contribution < 1.29 is 23.9 Å². The first-order valence-electron chi connectivity index (χ1n) is 14.6. The zero-order valence-corrected chi connectivity index (χ0v) is 25.8. The molecule has 1 saturated heterocycles. The van der Waals surface area contributed by atoms with Crippen LogP contribution in [0.25, 0.3) is 11.3 Å². The summed E-state index contributed by atoms with van der Waals surface area (Å²) in [5.41, 5.74) is 2.81. The van der Waals surface area contributed by atoms with Crippen LogP contribution in [0.15, 0.2) is 54.7 Å². The Balaban J connectivity index is 1.24. The van der Waals surface area contributed by atoms with E-state index in [0.29, 0.717) is 41.0 Å². The minimum absolute atomic E-state index is 0.0692.